The quantitative estimate of drug-likeness (QED) is 0.782. The molecule has 0 saturated heterocycles. The molecule has 21 heavy (non-hydrogen) atoms. The third kappa shape index (κ3) is 1.79. The fourth-order valence-corrected chi connectivity index (χ4v) is 2.74. The van der Waals surface area contributed by atoms with Gasteiger partial charge in [-0.3, -0.25) is 19.1 Å². The molecule has 1 amide bonds. The summed E-state index contributed by atoms with van der Waals surface area (Å²) < 4.78 is 1.84. The van der Waals surface area contributed by atoms with Gasteiger partial charge in [-0.15, -0.1) is 0 Å². The van der Waals surface area contributed by atoms with Gasteiger partial charge in [0.1, 0.15) is 12.0 Å². The van der Waals surface area contributed by atoms with Gasteiger partial charge in [-0.1, -0.05) is 0 Å². The number of aromatic nitrogens is 3. The van der Waals surface area contributed by atoms with Crippen molar-refractivity contribution in [2.45, 2.75) is 19.4 Å². The minimum atomic E-state index is -0.0911. The molecular weight excluding hydrogens is 268 g/mol. The SMILES string of the molecule is CN1Cc2c(C(=O)C3CC3)ncn2-c2ccncc2C1=O. The van der Waals surface area contributed by atoms with Crippen molar-refractivity contribution in [3.63, 3.8) is 0 Å². The standard InChI is InChI=1S/C15H14N4O2/c1-18-7-12-13(14(20)9-2-3-9)17-8-19(12)11-4-5-16-6-10(11)15(18)21/h4-6,8-9H,2-3,7H2,1H3. The van der Waals surface area contributed by atoms with E-state index in [1.807, 2.05) is 4.57 Å². The van der Waals surface area contributed by atoms with Crippen LogP contribution in [0.4, 0.5) is 0 Å². The van der Waals surface area contributed by atoms with E-state index < -0.39 is 0 Å². The number of ketones is 1. The van der Waals surface area contributed by atoms with Crippen molar-refractivity contribution < 1.29 is 9.59 Å². The summed E-state index contributed by atoms with van der Waals surface area (Å²) >= 11 is 0. The molecule has 2 aliphatic rings. The lowest BCUT2D eigenvalue weighted by Gasteiger charge is -2.14. The Kier molecular flexibility index (Phi) is 2.48. The summed E-state index contributed by atoms with van der Waals surface area (Å²) in [4.78, 5) is 34.7. The predicted octanol–water partition coefficient (Wildman–Crippen LogP) is 1.45. The summed E-state index contributed by atoms with van der Waals surface area (Å²) in [6.07, 6.45) is 6.73. The van der Waals surface area contributed by atoms with Crippen molar-refractivity contribution in [2.24, 2.45) is 5.92 Å². The molecule has 0 atom stereocenters. The average molecular weight is 282 g/mol. The van der Waals surface area contributed by atoms with Crippen LogP contribution >= 0.6 is 0 Å². The molecule has 0 aromatic carbocycles. The van der Waals surface area contributed by atoms with Gasteiger partial charge in [0.2, 0.25) is 0 Å². The van der Waals surface area contributed by atoms with E-state index in [-0.39, 0.29) is 17.6 Å². The Morgan fingerprint density at radius 2 is 2.19 bits per heavy atom. The molecule has 0 radical (unpaired) electrons. The van der Waals surface area contributed by atoms with Gasteiger partial charge in [-0.05, 0) is 18.9 Å². The molecule has 0 spiro atoms. The van der Waals surface area contributed by atoms with E-state index in [4.69, 9.17) is 0 Å². The molecule has 2 aromatic rings. The Hall–Kier alpha value is -2.50. The second kappa shape index (κ2) is 4.25. The molecule has 0 unspecified atom stereocenters. The van der Waals surface area contributed by atoms with Crippen LogP contribution < -0.4 is 0 Å². The Balaban J connectivity index is 1.91. The highest BCUT2D eigenvalue weighted by molar-refractivity contribution is 6.01. The summed E-state index contributed by atoms with van der Waals surface area (Å²) in [6.45, 7) is 0.376. The second-order valence-corrected chi connectivity index (χ2v) is 5.60. The average Bonchev–Trinajstić information content (AvgIpc) is 3.28. The fourth-order valence-electron chi connectivity index (χ4n) is 2.74. The van der Waals surface area contributed by atoms with Gasteiger partial charge < -0.3 is 4.90 Å². The molecule has 1 fully saturated rings. The van der Waals surface area contributed by atoms with E-state index in [0.717, 1.165) is 24.2 Å². The zero-order chi connectivity index (χ0) is 14.6. The summed E-state index contributed by atoms with van der Waals surface area (Å²) in [7, 11) is 1.73. The number of carbonyl (C=O) groups excluding carboxylic acids is 2. The molecule has 106 valence electrons. The molecule has 6 heteroatoms. The number of hydrogen-bond acceptors (Lipinski definition) is 4. The molecule has 4 rings (SSSR count). The van der Waals surface area contributed by atoms with Gasteiger partial charge in [-0.25, -0.2) is 4.98 Å². The van der Waals surface area contributed by atoms with Crippen LogP contribution in [0.25, 0.3) is 5.69 Å². The number of fused-ring (bicyclic) bond motifs is 3. The molecule has 0 N–H and O–H groups in total. The van der Waals surface area contributed by atoms with Gasteiger partial charge >= 0.3 is 0 Å². The van der Waals surface area contributed by atoms with Crippen LogP contribution in [-0.4, -0.2) is 38.2 Å². The zero-order valence-electron chi connectivity index (χ0n) is 11.6. The molecule has 0 bridgehead atoms. The largest absolute Gasteiger partial charge is 0.336 e. The van der Waals surface area contributed by atoms with Crippen LogP contribution in [0.2, 0.25) is 0 Å². The summed E-state index contributed by atoms with van der Waals surface area (Å²) in [5.74, 6) is 0.125. The fraction of sp³-hybridized carbons (Fsp3) is 0.333. The summed E-state index contributed by atoms with van der Waals surface area (Å²) in [5, 5.41) is 0. The van der Waals surface area contributed by atoms with Gasteiger partial charge in [0.15, 0.2) is 5.78 Å². The van der Waals surface area contributed by atoms with E-state index in [0.29, 0.717) is 17.8 Å². The van der Waals surface area contributed by atoms with Crippen LogP contribution in [0.15, 0.2) is 24.8 Å². The predicted molar refractivity (Wildman–Crippen MR) is 74.2 cm³/mol. The topological polar surface area (TPSA) is 68.1 Å². The Bertz CT molecular complexity index is 761. The molecule has 1 saturated carbocycles. The Morgan fingerprint density at radius 1 is 1.38 bits per heavy atom. The molecular formula is C15H14N4O2. The third-order valence-electron chi connectivity index (χ3n) is 4.07. The van der Waals surface area contributed by atoms with Crippen LogP contribution in [0.3, 0.4) is 0 Å². The van der Waals surface area contributed by atoms with Crippen LogP contribution in [-0.2, 0) is 6.54 Å². The van der Waals surface area contributed by atoms with Gasteiger partial charge in [0, 0.05) is 25.4 Å². The first-order valence-electron chi connectivity index (χ1n) is 6.97. The van der Waals surface area contributed by atoms with Gasteiger partial charge in [0.05, 0.1) is 23.5 Å². The number of imidazole rings is 1. The second-order valence-electron chi connectivity index (χ2n) is 5.60. The number of carbonyl (C=O) groups is 2. The maximum absolute atomic E-state index is 12.4. The van der Waals surface area contributed by atoms with Crippen molar-refractivity contribution in [3.8, 4) is 5.69 Å². The highest BCUT2D eigenvalue weighted by Crippen LogP contribution is 2.34. The third-order valence-corrected chi connectivity index (χ3v) is 4.07. The highest BCUT2D eigenvalue weighted by Gasteiger charge is 2.35. The molecule has 3 heterocycles. The maximum atomic E-state index is 12.4. The van der Waals surface area contributed by atoms with E-state index >= 15 is 0 Å². The van der Waals surface area contributed by atoms with E-state index in [2.05, 4.69) is 9.97 Å². The normalized spacial score (nSPS) is 17.2. The molecule has 6 nitrogen and oxygen atoms in total. The van der Waals surface area contributed by atoms with Crippen molar-refractivity contribution in [1.29, 1.82) is 0 Å². The number of pyridine rings is 1. The lowest BCUT2D eigenvalue weighted by Crippen LogP contribution is -2.25. The monoisotopic (exact) mass is 282 g/mol. The first-order valence-corrected chi connectivity index (χ1v) is 6.97. The van der Waals surface area contributed by atoms with Crippen LogP contribution in [0.5, 0.6) is 0 Å². The number of hydrogen-bond donors (Lipinski definition) is 0. The molecule has 1 aliphatic heterocycles. The smallest absolute Gasteiger partial charge is 0.257 e. The minimum Gasteiger partial charge on any atom is -0.336 e. The minimum absolute atomic E-state index is 0.0911. The Morgan fingerprint density at radius 3 is 2.95 bits per heavy atom. The number of Topliss-reactive ketones (excluding diaryl/α,β-unsaturated/α-hetero) is 1. The van der Waals surface area contributed by atoms with E-state index in [9.17, 15) is 9.59 Å². The maximum Gasteiger partial charge on any atom is 0.257 e. The van der Waals surface area contributed by atoms with Crippen LogP contribution in [0, 0.1) is 5.92 Å². The van der Waals surface area contributed by atoms with Gasteiger partial charge in [-0.2, -0.15) is 0 Å². The lowest BCUT2D eigenvalue weighted by atomic mass is 10.1. The number of amides is 1. The van der Waals surface area contributed by atoms with Crippen LogP contribution in [0.1, 0.15) is 39.4 Å². The summed E-state index contributed by atoms with van der Waals surface area (Å²) in [5.41, 5.74) is 2.55. The van der Waals surface area contributed by atoms with Crippen molar-refractivity contribution in [1.82, 2.24) is 19.4 Å². The van der Waals surface area contributed by atoms with Gasteiger partial charge in [0.25, 0.3) is 5.91 Å². The number of rotatable bonds is 2. The highest BCUT2D eigenvalue weighted by atomic mass is 16.2. The lowest BCUT2D eigenvalue weighted by molar-refractivity contribution is 0.0785. The molecule has 2 aromatic heterocycles. The first-order chi connectivity index (χ1) is 10.2. The first kappa shape index (κ1) is 12.3. The summed E-state index contributed by atoms with van der Waals surface area (Å²) in [6, 6.07) is 1.78. The van der Waals surface area contributed by atoms with E-state index in [1.165, 1.54) is 0 Å². The van der Waals surface area contributed by atoms with E-state index in [1.54, 1.807) is 36.7 Å². The number of nitrogens with zero attached hydrogens (tertiary/aromatic N) is 4. The van der Waals surface area contributed by atoms with Crippen molar-refractivity contribution in [3.05, 3.63) is 41.7 Å². The Labute approximate surface area is 121 Å². The van der Waals surface area contributed by atoms with Crippen molar-refractivity contribution >= 4 is 11.7 Å². The zero-order valence-corrected chi connectivity index (χ0v) is 11.6. The molecule has 1 aliphatic carbocycles. The van der Waals surface area contributed by atoms with Crippen molar-refractivity contribution in [2.75, 3.05) is 7.05 Å².